The number of amides is 2. The Bertz CT molecular complexity index is 468. The molecule has 0 bridgehead atoms. The van der Waals surface area contributed by atoms with Gasteiger partial charge in [-0.05, 0) is 37.4 Å². The number of anilines is 1. The summed E-state index contributed by atoms with van der Waals surface area (Å²) in [5.74, 6) is 0.477. The SMILES string of the molecule is O=C1C[C@H](NCC2CC2)C(=O)N1c1ccccc1. The summed E-state index contributed by atoms with van der Waals surface area (Å²) in [6.45, 7) is 0.853. The molecule has 1 aromatic rings. The van der Waals surface area contributed by atoms with Gasteiger partial charge in [0.05, 0.1) is 18.2 Å². The van der Waals surface area contributed by atoms with E-state index in [-0.39, 0.29) is 24.3 Å². The molecule has 2 amide bonds. The first-order valence-electron chi connectivity index (χ1n) is 6.41. The summed E-state index contributed by atoms with van der Waals surface area (Å²) < 4.78 is 0. The lowest BCUT2D eigenvalue weighted by atomic mass is 10.2. The van der Waals surface area contributed by atoms with Gasteiger partial charge < -0.3 is 5.32 Å². The van der Waals surface area contributed by atoms with Crippen LogP contribution in [-0.4, -0.2) is 24.4 Å². The largest absolute Gasteiger partial charge is 0.305 e. The molecule has 2 aliphatic rings. The molecule has 4 heteroatoms. The van der Waals surface area contributed by atoms with Crippen LogP contribution in [0.2, 0.25) is 0 Å². The van der Waals surface area contributed by atoms with Crippen LogP contribution >= 0.6 is 0 Å². The smallest absolute Gasteiger partial charge is 0.251 e. The summed E-state index contributed by atoms with van der Waals surface area (Å²) in [5, 5.41) is 3.21. The number of benzene rings is 1. The lowest BCUT2D eigenvalue weighted by molar-refractivity contribution is -0.121. The molecule has 1 heterocycles. The van der Waals surface area contributed by atoms with Crippen molar-refractivity contribution in [3.8, 4) is 0 Å². The van der Waals surface area contributed by atoms with Crippen molar-refractivity contribution in [3.63, 3.8) is 0 Å². The number of carbonyl (C=O) groups is 2. The van der Waals surface area contributed by atoms with Crippen LogP contribution in [-0.2, 0) is 9.59 Å². The highest BCUT2D eigenvalue weighted by atomic mass is 16.2. The number of para-hydroxylation sites is 1. The molecule has 0 unspecified atom stereocenters. The van der Waals surface area contributed by atoms with Gasteiger partial charge in [0.1, 0.15) is 0 Å². The number of hydrogen-bond acceptors (Lipinski definition) is 3. The lowest BCUT2D eigenvalue weighted by Crippen LogP contribution is -2.39. The van der Waals surface area contributed by atoms with Crippen LogP contribution in [0.3, 0.4) is 0 Å². The minimum atomic E-state index is -0.335. The fraction of sp³-hybridized carbons (Fsp3) is 0.429. The highest BCUT2D eigenvalue weighted by Gasteiger charge is 2.39. The number of carbonyl (C=O) groups excluding carboxylic acids is 2. The molecule has 0 aromatic heterocycles. The van der Waals surface area contributed by atoms with Gasteiger partial charge in [-0.15, -0.1) is 0 Å². The Morgan fingerprint density at radius 2 is 1.89 bits per heavy atom. The van der Waals surface area contributed by atoms with Crippen molar-refractivity contribution in [2.45, 2.75) is 25.3 Å². The third-order valence-corrected chi connectivity index (χ3v) is 3.51. The van der Waals surface area contributed by atoms with E-state index in [4.69, 9.17) is 0 Å². The van der Waals surface area contributed by atoms with Crippen molar-refractivity contribution < 1.29 is 9.59 Å². The molecule has 3 rings (SSSR count). The minimum Gasteiger partial charge on any atom is -0.305 e. The fourth-order valence-corrected chi connectivity index (χ4v) is 2.27. The summed E-state index contributed by atoms with van der Waals surface area (Å²) in [6, 6.07) is 8.79. The number of imide groups is 1. The van der Waals surface area contributed by atoms with E-state index in [1.807, 2.05) is 18.2 Å². The van der Waals surface area contributed by atoms with Crippen molar-refractivity contribution in [3.05, 3.63) is 30.3 Å². The normalized spacial score (nSPS) is 23.8. The van der Waals surface area contributed by atoms with Gasteiger partial charge in [-0.3, -0.25) is 9.59 Å². The van der Waals surface area contributed by atoms with Crippen LogP contribution in [0.4, 0.5) is 5.69 Å². The standard InChI is InChI=1S/C14H16N2O2/c17-13-8-12(15-9-10-6-7-10)14(18)16(13)11-4-2-1-3-5-11/h1-5,10,12,15H,6-9H2/t12-/m0/s1. The zero-order valence-corrected chi connectivity index (χ0v) is 10.1. The predicted molar refractivity (Wildman–Crippen MR) is 68.1 cm³/mol. The zero-order chi connectivity index (χ0) is 12.5. The Morgan fingerprint density at radius 1 is 1.17 bits per heavy atom. The quantitative estimate of drug-likeness (QED) is 0.813. The number of rotatable bonds is 4. The highest BCUT2D eigenvalue weighted by Crippen LogP contribution is 2.28. The van der Waals surface area contributed by atoms with E-state index >= 15 is 0 Å². The molecule has 0 spiro atoms. The minimum absolute atomic E-state index is 0.112. The van der Waals surface area contributed by atoms with Crippen molar-refractivity contribution >= 4 is 17.5 Å². The second kappa shape index (κ2) is 4.53. The maximum absolute atomic E-state index is 12.2. The average molecular weight is 244 g/mol. The van der Waals surface area contributed by atoms with Gasteiger partial charge in [-0.1, -0.05) is 18.2 Å². The summed E-state index contributed by atoms with van der Waals surface area (Å²) in [4.78, 5) is 25.4. The topological polar surface area (TPSA) is 49.4 Å². The first-order chi connectivity index (χ1) is 8.75. The van der Waals surface area contributed by atoms with Gasteiger partial charge in [-0.25, -0.2) is 4.90 Å². The van der Waals surface area contributed by atoms with Crippen LogP contribution in [0.15, 0.2) is 30.3 Å². The molecule has 1 saturated carbocycles. The molecule has 1 aliphatic heterocycles. The van der Waals surface area contributed by atoms with E-state index in [0.29, 0.717) is 11.6 Å². The molecule has 94 valence electrons. The van der Waals surface area contributed by atoms with Gasteiger partial charge in [0, 0.05) is 0 Å². The average Bonchev–Trinajstić information content (AvgIpc) is 3.15. The Morgan fingerprint density at radius 3 is 2.56 bits per heavy atom. The van der Waals surface area contributed by atoms with E-state index in [0.717, 1.165) is 6.54 Å². The predicted octanol–water partition coefficient (Wildman–Crippen LogP) is 1.32. The molecule has 1 aromatic carbocycles. The molecular formula is C14H16N2O2. The molecule has 18 heavy (non-hydrogen) atoms. The van der Waals surface area contributed by atoms with Crippen molar-refractivity contribution in [2.24, 2.45) is 5.92 Å². The Balaban J connectivity index is 1.71. The summed E-state index contributed by atoms with van der Waals surface area (Å²) >= 11 is 0. The Kier molecular flexibility index (Phi) is 2.88. The third kappa shape index (κ3) is 2.16. The van der Waals surface area contributed by atoms with E-state index < -0.39 is 0 Å². The summed E-state index contributed by atoms with van der Waals surface area (Å²) in [6.07, 6.45) is 2.76. The van der Waals surface area contributed by atoms with E-state index in [2.05, 4.69) is 5.32 Å². The Hall–Kier alpha value is -1.68. The summed E-state index contributed by atoms with van der Waals surface area (Å²) in [5.41, 5.74) is 0.670. The molecule has 2 fully saturated rings. The van der Waals surface area contributed by atoms with Crippen LogP contribution in [0.1, 0.15) is 19.3 Å². The second-order valence-corrected chi connectivity index (χ2v) is 5.01. The lowest BCUT2D eigenvalue weighted by Gasteiger charge is -2.15. The molecule has 1 aliphatic carbocycles. The molecular weight excluding hydrogens is 228 g/mol. The van der Waals surface area contributed by atoms with Crippen molar-refractivity contribution in [2.75, 3.05) is 11.4 Å². The maximum atomic E-state index is 12.2. The van der Waals surface area contributed by atoms with Gasteiger partial charge in [0.25, 0.3) is 5.91 Å². The summed E-state index contributed by atoms with van der Waals surface area (Å²) in [7, 11) is 0. The number of nitrogens with zero attached hydrogens (tertiary/aromatic N) is 1. The van der Waals surface area contributed by atoms with Gasteiger partial charge in [0.2, 0.25) is 5.91 Å². The first-order valence-corrected chi connectivity index (χ1v) is 6.41. The van der Waals surface area contributed by atoms with Crippen LogP contribution in [0.25, 0.3) is 0 Å². The maximum Gasteiger partial charge on any atom is 0.251 e. The molecule has 4 nitrogen and oxygen atoms in total. The Labute approximate surface area is 106 Å². The van der Waals surface area contributed by atoms with Gasteiger partial charge >= 0.3 is 0 Å². The van der Waals surface area contributed by atoms with E-state index in [9.17, 15) is 9.59 Å². The fourth-order valence-electron chi connectivity index (χ4n) is 2.27. The molecule has 0 radical (unpaired) electrons. The first kappa shape index (κ1) is 11.4. The molecule has 1 saturated heterocycles. The van der Waals surface area contributed by atoms with Crippen molar-refractivity contribution in [1.82, 2.24) is 5.32 Å². The second-order valence-electron chi connectivity index (χ2n) is 5.01. The highest BCUT2D eigenvalue weighted by molar-refractivity contribution is 6.22. The monoisotopic (exact) mass is 244 g/mol. The van der Waals surface area contributed by atoms with Gasteiger partial charge in [0.15, 0.2) is 0 Å². The number of nitrogens with one attached hydrogen (secondary N) is 1. The van der Waals surface area contributed by atoms with Crippen molar-refractivity contribution in [1.29, 1.82) is 0 Å². The van der Waals surface area contributed by atoms with Crippen LogP contribution < -0.4 is 10.2 Å². The van der Waals surface area contributed by atoms with E-state index in [1.165, 1.54) is 17.7 Å². The molecule has 1 atom stereocenters. The van der Waals surface area contributed by atoms with E-state index in [1.54, 1.807) is 12.1 Å². The number of hydrogen-bond donors (Lipinski definition) is 1. The van der Waals surface area contributed by atoms with Crippen LogP contribution in [0.5, 0.6) is 0 Å². The molecule has 1 N–H and O–H groups in total. The third-order valence-electron chi connectivity index (χ3n) is 3.51. The van der Waals surface area contributed by atoms with Gasteiger partial charge in [-0.2, -0.15) is 0 Å². The van der Waals surface area contributed by atoms with Crippen LogP contribution in [0, 0.1) is 5.92 Å². The zero-order valence-electron chi connectivity index (χ0n) is 10.1.